The Morgan fingerprint density at radius 3 is 2.13 bits per heavy atom. The summed E-state index contributed by atoms with van der Waals surface area (Å²) in [5.41, 5.74) is 5.01. The van der Waals surface area contributed by atoms with Crippen LogP contribution >= 0.6 is 0 Å². The monoisotopic (exact) mass is 209 g/mol. The zero-order valence-corrected chi connectivity index (χ0v) is 8.90. The molecule has 0 saturated heterocycles. The summed E-state index contributed by atoms with van der Waals surface area (Å²) in [5.74, 6) is 0.889. The molecule has 1 aromatic rings. The molecule has 2 N–H and O–H groups in total. The fraction of sp³-hybridized carbons (Fsp3) is 0.364. The molecule has 2 rings (SSSR count). The number of nitrogens with two attached hydrogens (primary N) is 1. The van der Waals surface area contributed by atoms with Gasteiger partial charge in [-0.3, -0.25) is 4.79 Å². The van der Waals surface area contributed by atoms with Crippen LogP contribution in [0.25, 0.3) is 0 Å². The van der Waals surface area contributed by atoms with E-state index in [0.29, 0.717) is 11.5 Å². The second-order valence-electron chi connectivity index (χ2n) is 2.78. The lowest BCUT2D eigenvalue weighted by atomic mass is 10.3. The molecule has 0 aliphatic carbocycles. The SMILES string of the molecule is CC.NC(=O)CC1Oc2ccccc2O1. The van der Waals surface area contributed by atoms with E-state index in [1.807, 2.05) is 26.0 Å². The Morgan fingerprint density at radius 1 is 1.27 bits per heavy atom. The van der Waals surface area contributed by atoms with Gasteiger partial charge in [0, 0.05) is 0 Å². The largest absolute Gasteiger partial charge is 0.450 e. The summed E-state index contributed by atoms with van der Waals surface area (Å²) < 4.78 is 10.6. The summed E-state index contributed by atoms with van der Waals surface area (Å²) in [6.07, 6.45) is -0.482. The van der Waals surface area contributed by atoms with E-state index >= 15 is 0 Å². The predicted octanol–water partition coefficient (Wildman–Crippen LogP) is 1.69. The van der Waals surface area contributed by atoms with Crippen LogP contribution in [0.2, 0.25) is 0 Å². The van der Waals surface area contributed by atoms with Gasteiger partial charge in [0.05, 0.1) is 0 Å². The molecule has 1 aromatic carbocycles. The first-order valence-corrected chi connectivity index (χ1v) is 4.96. The number of amides is 1. The molecular weight excluding hydrogens is 194 g/mol. The van der Waals surface area contributed by atoms with Crippen LogP contribution in [-0.4, -0.2) is 12.2 Å². The first-order chi connectivity index (χ1) is 7.25. The van der Waals surface area contributed by atoms with Crippen molar-refractivity contribution in [3.05, 3.63) is 24.3 Å². The highest BCUT2D eigenvalue weighted by Gasteiger charge is 2.24. The average Bonchev–Trinajstić information content (AvgIpc) is 2.61. The maximum Gasteiger partial charge on any atom is 0.250 e. The fourth-order valence-electron chi connectivity index (χ4n) is 1.20. The Hall–Kier alpha value is -1.71. The molecule has 0 bridgehead atoms. The normalized spacial score (nSPS) is 12.9. The number of para-hydroxylation sites is 2. The molecule has 0 unspecified atom stereocenters. The lowest BCUT2D eigenvalue weighted by Crippen LogP contribution is -2.26. The zero-order chi connectivity index (χ0) is 11.3. The number of primary amides is 1. The maximum atomic E-state index is 10.6. The molecule has 1 heterocycles. The van der Waals surface area contributed by atoms with E-state index in [-0.39, 0.29) is 6.42 Å². The summed E-state index contributed by atoms with van der Waals surface area (Å²) in [4.78, 5) is 10.6. The second kappa shape index (κ2) is 5.24. The third kappa shape index (κ3) is 2.87. The molecule has 1 amide bonds. The van der Waals surface area contributed by atoms with Crippen molar-refractivity contribution in [2.75, 3.05) is 0 Å². The van der Waals surface area contributed by atoms with Gasteiger partial charge in [-0.2, -0.15) is 0 Å². The van der Waals surface area contributed by atoms with Crippen LogP contribution < -0.4 is 15.2 Å². The van der Waals surface area contributed by atoms with Crippen LogP contribution in [-0.2, 0) is 4.79 Å². The average molecular weight is 209 g/mol. The summed E-state index contributed by atoms with van der Waals surface area (Å²) in [6, 6.07) is 7.26. The number of benzene rings is 1. The van der Waals surface area contributed by atoms with Crippen LogP contribution in [0.1, 0.15) is 20.3 Å². The minimum Gasteiger partial charge on any atom is -0.450 e. The van der Waals surface area contributed by atoms with Gasteiger partial charge in [0.15, 0.2) is 11.5 Å². The Bertz CT molecular complexity index is 313. The standard InChI is InChI=1S/C9H9NO3.C2H6/c10-8(11)5-9-12-6-3-1-2-4-7(6)13-9;1-2/h1-4,9H,5H2,(H2,10,11);1-2H3. The number of rotatable bonds is 2. The van der Waals surface area contributed by atoms with Crippen molar-refractivity contribution in [1.82, 2.24) is 0 Å². The number of carbonyl (C=O) groups is 1. The highest BCUT2D eigenvalue weighted by molar-refractivity contribution is 5.74. The second-order valence-corrected chi connectivity index (χ2v) is 2.78. The molecule has 15 heavy (non-hydrogen) atoms. The van der Waals surface area contributed by atoms with Gasteiger partial charge in [-0.25, -0.2) is 0 Å². The van der Waals surface area contributed by atoms with E-state index in [9.17, 15) is 4.79 Å². The van der Waals surface area contributed by atoms with Crippen LogP contribution in [0.5, 0.6) is 11.5 Å². The molecule has 4 heteroatoms. The van der Waals surface area contributed by atoms with Crippen LogP contribution in [0.4, 0.5) is 0 Å². The van der Waals surface area contributed by atoms with Crippen molar-refractivity contribution in [2.45, 2.75) is 26.6 Å². The molecule has 0 atom stereocenters. The Kier molecular flexibility index (Phi) is 3.97. The number of fused-ring (bicyclic) bond motifs is 1. The highest BCUT2D eigenvalue weighted by Crippen LogP contribution is 2.34. The van der Waals surface area contributed by atoms with Crippen molar-refractivity contribution < 1.29 is 14.3 Å². The quantitative estimate of drug-likeness (QED) is 0.806. The van der Waals surface area contributed by atoms with Crippen LogP contribution in [0.15, 0.2) is 24.3 Å². The topological polar surface area (TPSA) is 61.6 Å². The lowest BCUT2D eigenvalue weighted by Gasteiger charge is -2.06. The molecular formula is C11H15NO3. The minimum absolute atomic E-state index is 0.0781. The van der Waals surface area contributed by atoms with Gasteiger partial charge in [0.1, 0.15) is 6.42 Å². The molecule has 0 spiro atoms. The van der Waals surface area contributed by atoms with Gasteiger partial charge in [-0.15, -0.1) is 0 Å². The third-order valence-electron chi connectivity index (χ3n) is 1.73. The smallest absolute Gasteiger partial charge is 0.250 e. The van der Waals surface area contributed by atoms with Crippen molar-refractivity contribution in [1.29, 1.82) is 0 Å². The van der Waals surface area contributed by atoms with Crippen molar-refractivity contribution >= 4 is 5.91 Å². The summed E-state index contributed by atoms with van der Waals surface area (Å²) in [5, 5.41) is 0. The number of hydrogen-bond acceptors (Lipinski definition) is 3. The van der Waals surface area contributed by atoms with Gasteiger partial charge in [0.2, 0.25) is 12.2 Å². The first-order valence-electron chi connectivity index (χ1n) is 4.96. The Labute approximate surface area is 89.0 Å². The highest BCUT2D eigenvalue weighted by atomic mass is 16.7. The minimum atomic E-state index is -0.560. The van der Waals surface area contributed by atoms with Gasteiger partial charge >= 0.3 is 0 Å². The molecule has 0 saturated carbocycles. The lowest BCUT2D eigenvalue weighted by molar-refractivity contribution is -0.122. The van der Waals surface area contributed by atoms with E-state index < -0.39 is 12.2 Å². The van der Waals surface area contributed by atoms with Crippen LogP contribution in [0.3, 0.4) is 0 Å². The molecule has 0 aromatic heterocycles. The fourth-order valence-corrected chi connectivity index (χ4v) is 1.20. The van der Waals surface area contributed by atoms with Gasteiger partial charge in [-0.1, -0.05) is 26.0 Å². The van der Waals surface area contributed by atoms with E-state index in [2.05, 4.69) is 0 Å². The number of hydrogen-bond donors (Lipinski definition) is 1. The molecule has 82 valence electrons. The van der Waals surface area contributed by atoms with Crippen molar-refractivity contribution in [3.63, 3.8) is 0 Å². The molecule has 1 aliphatic rings. The molecule has 1 aliphatic heterocycles. The van der Waals surface area contributed by atoms with Crippen molar-refractivity contribution in [3.8, 4) is 11.5 Å². The Balaban J connectivity index is 0.000000531. The van der Waals surface area contributed by atoms with E-state index in [1.54, 1.807) is 12.1 Å². The Morgan fingerprint density at radius 2 is 1.73 bits per heavy atom. The van der Waals surface area contributed by atoms with Gasteiger partial charge < -0.3 is 15.2 Å². The number of ether oxygens (including phenoxy) is 2. The van der Waals surface area contributed by atoms with Crippen molar-refractivity contribution in [2.24, 2.45) is 5.73 Å². The van der Waals surface area contributed by atoms with E-state index in [1.165, 1.54) is 0 Å². The molecule has 0 fully saturated rings. The molecule has 0 radical (unpaired) electrons. The van der Waals surface area contributed by atoms with E-state index in [0.717, 1.165) is 0 Å². The zero-order valence-electron chi connectivity index (χ0n) is 8.90. The van der Waals surface area contributed by atoms with E-state index in [4.69, 9.17) is 15.2 Å². The third-order valence-corrected chi connectivity index (χ3v) is 1.73. The molecule has 4 nitrogen and oxygen atoms in total. The van der Waals surface area contributed by atoms with Gasteiger partial charge in [0.25, 0.3) is 0 Å². The van der Waals surface area contributed by atoms with Gasteiger partial charge in [-0.05, 0) is 12.1 Å². The predicted molar refractivity (Wildman–Crippen MR) is 56.6 cm³/mol. The maximum absolute atomic E-state index is 10.6. The summed E-state index contributed by atoms with van der Waals surface area (Å²) in [6.45, 7) is 4.00. The van der Waals surface area contributed by atoms with Crippen LogP contribution in [0, 0.1) is 0 Å². The summed E-state index contributed by atoms with van der Waals surface area (Å²) in [7, 11) is 0. The number of carbonyl (C=O) groups excluding carboxylic acids is 1. The summed E-state index contributed by atoms with van der Waals surface area (Å²) >= 11 is 0. The first kappa shape index (κ1) is 11.4.